The van der Waals surface area contributed by atoms with Crippen LogP contribution in [0.4, 0.5) is 0 Å². The summed E-state index contributed by atoms with van der Waals surface area (Å²) in [5, 5.41) is 4.21. The number of nitrogens with zero attached hydrogens (tertiary/aromatic N) is 2. The summed E-state index contributed by atoms with van der Waals surface area (Å²) in [5.74, 6) is 0. The van der Waals surface area contributed by atoms with Gasteiger partial charge in [-0.05, 0) is 12.8 Å². The van der Waals surface area contributed by atoms with Gasteiger partial charge in [-0.3, -0.25) is 4.79 Å². The Kier molecular flexibility index (Phi) is 1.85. The van der Waals surface area contributed by atoms with E-state index in [2.05, 4.69) is 5.10 Å². The van der Waals surface area contributed by atoms with E-state index in [1.807, 2.05) is 0 Å². The molecule has 0 spiro atoms. The topological polar surface area (TPSA) is 34.9 Å². The molecule has 0 radical (unpaired) electrons. The second-order valence-corrected chi connectivity index (χ2v) is 3.53. The predicted octanol–water partition coefficient (Wildman–Crippen LogP) is 1.88. The van der Waals surface area contributed by atoms with Crippen LogP contribution in [0.5, 0.6) is 0 Å². The first-order valence-electron chi connectivity index (χ1n) is 3.63. The molecule has 1 heterocycles. The van der Waals surface area contributed by atoms with Gasteiger partial charge in [-0.1, -0.05) is 23.2 Å². The molecule has 0 atom stereocenters. The molecule has 1 aliphatic carbocycles. The average molecular weight is 205 g/mol. The van der Waals surface area contributed by atoms with Gasteiger partial charge >= 0.3 is 0 Å². The van der Waals surface area contributed by atoms with Crippen LogP contribution < -0.4 is 5.43 Å². The lowest BCUT2D eigenvalue weighted by molar-refractivity contribution is 0.621. The highest BCUT2D eigenvalue weighted by Crippen LogP contribution is 2.36. The van der Waals surface area contributed by atoms with Crippen molar-refractivity contribution in [1.82, 2.24) is 9.78 Å². The van der Waals surface area contributed by atoms with Crippen LogP contribution in [0.25, 0.3) is 0 Å². The van der Waals surface area contributed by atoms with E-state index in [9.17, 15) is 4.79 Å². The molecular formula is C7H6Cl2N2O. The number of hydrogen-bond donors (Lipinski definition) is 0. The summed E-state index contributed by atoms with van der Waals surface area (Å²) >= 11 is 11.5. The highest BCUT2D eigenvalue weighted by atomic mass is 35.5. The third-order valence-corrected chi connectivity index (χ3v) is 2.61. The van der Waals surface area contributed by atoms with E-state index in [-0.39, 0.29) is 15.6 Å². The monoisotopic (exact) mass is 204 g/mol. The van der Waals surface area contributed by atoms with Crippen LogP contribution in [0, 0.1) is 0 Å². The van der Waals surface area contributed by atoms with Crippen LogP contribution in [0.2, 0.25) is 10.2 Å². The minimum absolute atomic E-state index is 0.0681. The summed E-state index contributed by atoms with van der Waals surface area (Å²) in [4.78, 5) is 10.9. The first kappa shape index (κ1) is 8.08. The molecule has 1 fully saturated rings. The van der Waals surface area contributed by atoms with Gasteiger partial charge in [-0.25, -0.2) is 4.68 Å². The quantitative estimate of drug-likeness (QED) is 0.701. The van der Waals surface area contributed by atoms with Crippen molar-refractivity contribution in [2.24, 2.45) is 0 Å². The molecule has 1 aliphatic rings. The first-order chi connectivity index (χ1) is 5.70. The average Bonchev–Trinajstić information content (AvgIpc) is 2.84. The van der Waals surface area contributed by atoms with Crippen LogP contribution in [0.3, 0.4) is 0 Å². The summed E-state index contributed by atoms with van der Waals surface area (Å²) < 4.78 is 1.60. The molecule has 1 aromatic heterocycles. The summed E-state index contributed by atoms with van der Waals surface area (Å²) in [6.07, 6.45) is 3.32. The largest absolute Gasteiger partial charge is 0.286 e. The molecule has 2 rings (SSSR count). The van der Waals surface area contributed by atoms with E-state index in [0.29, 0.717) is 6.04 Å². The second kappa shape index (κ2) is 2.75. The van der Waals surface area contributed by atoms with Crippen molar-refractivity contribution >= 4 is 23.2 Å². The molecule has 5 heteroatoms. The van der Waals surface area contributed by atoms with Crippen LogP contribution >= 0.6 is 23.2 Å². The molecule has 0 amide bonds. The first-order valence-corrected chi connectivity index (χ1v) is 4.38. The fourth-order valence-electron chi connectivity index (χ4n) is 0.998. The molecule has 0 bridgehead atoms. The smallest absolute Gasteiger partial charge is 0.220 e. The number of aromatic nitrogens is 2. The van der Waals surface area contributed by atoms with E-state index in [1.165, 1.54) is 6.20 Å². The molecule has 0 aliphatic heterocycles. The van der Waals surface area contributed by atoms with E-state index >= 15 is 0 Å². The molecule has 0 aromatic carbocycles. The minimum Gasteiger partial charge on any atom is -0.286 e. The zero-order valence-corrected chi connectivity index (χ0v) is 7.64. The maximum atomic E-state index is 10.9. The van der Waals surface area contributed by atoms with Gasteiger partial charge in [0, 0.05) is 0 Å². The molecule has 3 nitrogen and oxygen atoms in total. The molecule has 1 aromatic rings. The van der Waals surface area contributed by atoms with Crippen molar-refractivity contribution < 1.29 is 0 Å². The Morgan fingerprint density at radius 2 is 2.17 bits per heavy atom. The van der Waals surface area contributed by atoms with Gasteiger partial charge in [0.1, 0.15) is 10.2 Å². The third kappa shape index (κ3) is 1.23. The lowest BCUT2D eigenvalue weighted by Gasteiger charge is -2.05. The molecule has 64 valence electrons. The Labute approximate surface area is 78.9 Å². The van der Waals surface area contributed by atoms with E-state index in [0.717, 1.165) is 12.8 Å². The van der Waals surface area contributed by atoms with Crippen LogP contribution in [0.15, 0.2) is 11.0 Å². The molecule has 0 N–H and O–H groups in total. The highest BCUT2D eigenvalue weighted by Gasteiger charge is 2.26. The van der Waals surface area contributed by atoms with E-state index < -0.39 is 0 Å². The zero-order valence-electron chi connectivity index (χ0n) is 6.13. The lowest BCUT2D eigenvalue weighted by Crippen LogP contribution is -2.11. The van der Waals surface area contributed by atoms with Crippen molar-refractivity contribution in [3.63, 3.8) is 0 Å². The van der Waals surface area contributed by atoms with Crippen LogP contribution in [-0.2, 0) is 0 Å². The number of halogens is 2. The van der Waals surface area contributed by atoms with Crippen molar-refractivity contribution in [2.75, 3.05) is 0 Å². The fraction of sp³-hybridized carbons (Fsp3) is 0.429. The van der Waals surface area contributed by atoms with Crippen molar-refractivity contribution in [3.05, 3.63) is 26.6 Å². The third-order valence-electron chi connectivity index (χ3n) is 1.79. The van der Waals surface area contributed by atoms with Gasteiger partial charge in [-0.15, -0.1) is 0 Å². The maximum absolute atomic E-state index is 10.9. The lowest BCUT2D eigenvalue weighted by atomic mass is 10.5. The van der Waals surface area contributed by atoms with E-state index in [1.54, 1.807) is 4.68 Å². The molecule has 0 saturated heterocycles. The Morgan fingerprint density at radius 1 is 1.50 bits per heavy atom. The zero-order chi connectivity index (χ0) is 8.72. The Balaban J connectivity index is 2.57. The highest BCUT2D eigenvalue weighted by molar-refractivity contribution is 6.41. The Morgan fingerprint density at radius 3 is 2.75 bits per heavy atom. The SMILES string of the molecule is O=c1cnn(C2CC2)c(Cl)c1Cl. The Bertz CT molecular complexity index is 370. The van der Waals surface area contributed by atoms with Gasteiger partial charge < -0.3 is 0 Å². The molecule has 1 saturated carbocycles. The Hall–Kier alpha value is -0.540. The minimum atomic E-state index is -0.321. The van der Waals surface area contributed by atoms with Gasteiger partial charge in [0.05, 0.1) is 12.2 Å². The summed E-state index contributed by atoms with van der Waals surface area (Å²) in [6, 6.07) is 0.343. The number of rotatable bonds is 1. The summed E-state index contributed by atoms with van der Waals surface area (Å²) in [7, 11) is 0. The predicted molar refractivity (Wildman–Crippen MR) is 46.8 cm³/mol. The second-order valence-electron chi connectivity index (χ2n) is 2.79. The van der Waals surface area contributed by atoms with Gasteiger partial charge in [0.15, 0.2) is 0 Å². The van der Waals surface area contributed by atoms with Crippen LogP contribution in [-0.4, -0.2) is 9.78 Å². The number of hydrogen-bond acceptors (Lipinski definition) is 2. The van der Waals surface area contributed by atoms with Crippen molar-refractivity contribution in [1.29, 1.82) is 0 Å². The van der Waals surface area contributed by atoms with Crippen molar-refractivity contribution in [2.45, 2.75) is 18.9 Å². The van der Waals surface area contributed by atoms with Crippen LogP contribution in [0.1, 0.15) is 18.9 Å². The summed E-state index contributed by atoms with van der Waals surface area (Å²) in [5.41, 5.74) is -0.321. The molecular weight excluding hydrogens is 199 g/mol. The van der Waals surface area contributed by atoms with Gasteiger partial charge in [0.2, 0.25) is 5.43 Å². The van der Waals surface area contributed by atoms with Crippen molar-refractivity contribution in [3.8, 4) is 0 Å². The van der Waals surface area contributed by atoms with E-state index in [4.69, 9.17) is 23.2 Å². The molecule has 12 heavy (non-hydrogen) atoms. The fourth-order valence-corrected chi connectivity index (χ4v) is 1.41. The van der Waals surface area contributed by atoms with Gasteiger partial charge in [-0.2, -0.15) is 5.10 Å². The maximum Gasteiger partial charge on any atom is 0.220 e. The summed E-state index contributed by atoms with van der Waals surface area (Å²) in [6.45, 7) is 0. The van der Waals surface area contributed by atoms with Gasteiger partial charge in [0.25, 0.3) is 0 Å². The molecule has 0 unspecified atom stereocenters. The standard InChI is InChI=1S/C7H6Cl2N2O/c8-6-5(12)3-10-11(7(6)9)4-1-2-4/h3-4H,1-2H2. The normalized spacial score (nSPS) is 16.5.